The van der Waals surface area contributed by atoms with Gasteiger partial charge in [-0.1, -0.05) is 115 Å². The monoisotopic (exact) mass is 658 g/mol. The van der Waals surface area contributed by atoms with Crippen molar-refractivity contribution in [3.05, 3.63) is 71.3 Å². The van der Waals surface area contributed by atoms with Crippen molar-refractivity contribution < 1.29 is 9.53 Å². The first kappa shape index (κ1) is 36.3. The Balaban J connectivity index is 0.00000616. The van der Waals surface area contributed by atoms with Crippen LogP contribution in [0, 0.1) is 0 Å². The van der Waals surface area contributed by atoms with Gasteiger partial charge in [0, 0.05) is 31.9 Å². The maximum absolute atomic E-state index is 12.5. The molecule has 0 atom stereocenters. The van der Waals surface area contributed by atoms with Gasteiger partial charge in [0.15, 0.2) is 0 Å². The average molecular weight is 660 g/mol. The standard InChI is InChI=1S/C36H54N2O2S.BrH/c1-3-4-5-6-7-8-9-10-11-12-13-14-15-16-26-40-36-22-18-19-33(29-36)23-24-38(32(2)39)35-21-17-20-34(28-35)30-37-25-27-41-31-37;/h17-22,25,27-29H,3-16,23-24,26,30-31H2,1-2H3;1H. The lowest BCUT2D eigenvalue weighted by Crippen LogP contribution is -2.30. The maximum atomic E-state index is 12.5. The normalized spacial score (nSPS) is 12.4. The van der Waals surface area contributed by atoms with Crippen molar-refractivity contribution in [1.29, 1.82) is 0 Å². The van der Waals surface area contributed by atoms with E-state index in [9.17, 15) is 4.79 Å². The fraction of sp³-hybridized carbons (Fsp3) is 0.583. The fourth-order valence-electron chi connectivity index (χ4n) is 5.45. The number of hydrogen-bond donors (Lipinski definition) is 0. The number of carbonyl (C=O) groups excluding carboxylic acids is 1. The Morgan fingerprint density at radius 3 is 2.07 bits per heavy atom. The Bertz CT molecular complexity index is 1030. The van der Waals surface area contributed by atoms with Crippen molar-refractivity contribution in [1.82, 2.24) is 4.90 Å². The molecule has 2 aromatic rings. The highest BCUT2D eigenvalue weighted by Gasteiger charge is 2.13. The third kappa shape index (κ3) is 15.0. The van der Waals surface area contributed by atoms with Gasteiger partial charge in [0.25, 0.3) is 0 Å². The number of halogens is 1. The highest BCUT2D eigenvalue weighted by Crippen LogP contribution is 2.23. The van der Waals surface area contributed by atoms with Crippen LogP contribution in [0.4, 0.5) is 5.69 Å². The SMILES string of the molecule is Br.CCCCCCCCCCCCCCCCOc1cccc(CCN(C(C)=O)c2cccc(CN3C=CSC3)c2)c1. The summed E-state index contributed by atoms with van der Waals surface area (Å²) in [6.45, 7) is 6.23. The minimum absolute atomic E-state index is 0. The summed E-state index contributed by atoms with van der Waals surface area (Å²) in [6, 6.07) is 16.8. The summed E-state index contributed by atoms with van der Waals surface area (Å²) in [5.74, 6) is 1.99. The van der Waals surface area contributed by atoms with Crippen molar-refractivity contribution in [3.63, 3.8) is 0 Å². The van der Waals surface area contributed by atoms with Crippen LogP contribution in [0.15, 0.2) is 60.1 Å². The van der Waals surface area contributed by atoms with Crippen molar-refractivity contribution >= 4 is 40.3 Å². The topological polar surface area (TPSA) is 32.8 Å². The van der Waals surface area contributed by atoms with Crippen LogP contribution < -0.4 is 9.64 Å². The predicted molar refractivity (Wildman–Crippen MR) is 188 cm³/mol. The summed E-state index contributed by atoms with van der Waals surface area (Å²) in [5.41, 5.74) is 3.39. The number of unbranched alkanes of at least 4 members (excludes halogenated alkanes) is 13. The van der Waals surface area contributed by atoms with Crippen molar-refractivity contribution in [2.24, 2.45) is 0 Å². The highest BCUT2D eigenvalue weighted by molar-refractivity contribution is 8.93. The van der Waals surface area contributed by atoms with Crippen LogP contribution in [-0.4, -0.2) is 29.8 Å². The van der Waals surface area contributed by atoms with E-state index in [0.717, 1.165) is 43.3 Å². The second-order valence-electron chi connectivity index (χ2n) is 11.5. The summed E-state index contributed by atoms with van der Waals surface area (Å²) >= 11 is 1.81. The van der Waals surface area contributed by atoms with E-state index >= 15 is 0 Å². The summed E-state index contributed by atoms with van der Waals surface area (Å²) < 4.78 is 6.08. The second kappa shape index (κ2) is 22.6. The Morgan fingerprint density at radius 1 is 0.833 bits per heavy atom. The van der Waals surface area contributed by atoms with Gasteiger partial charge in [-0.05, 0) is 53.6 Å². The smallest absolute Gasteiger partial charge is 0.223 e. The number of nitrogens with zero attached hydrogens (tertiary/aromatic N) is 2. The number of ether oxygens (including phenoxy) is 1. The molecule has 6 heteroatoms. The first-order chi connectivity index (χ1) is 20.2. The van der Waals surface area contributed by atoms with Gasteiger partial charge in [0.05, 0.1) is 12.5 Å². The molecule has 1 amide bonds. The quantitative estimate of drug-likeness (QED) is 0.118. The van der Waals surface area contributed by atoms with Crippen LogP contribution in [0.25, 0.3) is 0 Å². The Morgan fingerprint density at radius 2 is 1.45 bits per heavy atom. The minimum Gasteiger partial charge on any atom is -0.494 e. The average Bonchev–Trinajstić information content (AvgIpc) is 3.48. The Kier molecular flexibility index (Phi) is 19.5. The van der Waals surface area contributed by atoms with E-state index in [-0.39, 0.29) is 22.9 Å². The van der Waals surface area contributed by atoms with E-state index in [0.29, 0.717) is 6.54 Å². The molecule has 0 N–H and O–H groups in total. The molecule has 0 spiro atoms. The molecule has 1 aliphatic heterocycles. The molecule has 234 valence electrons. The number of benzene rings is 2. The lowest BCUT2D eigenvalue weighted by Gasteiger charge is -2.23. The van der Waals surface area contributed by atoms with E-state index < -0.39 is 0 Å². The number of thioether (sulfide) groups is 1. The second-order valence-corrected chi connectivity index (χ2v) is 12.4. The van der Waals surface area contributed by atoms with Gasteiger partial charge >= 0.3 is 0 Å². The molecule has 3 rings (SSSR count). The molecule has 42 heavy (non-hydrogen) atoms. The van der Waals surface area contributed by atoms with E-state index in [1.54, 1.807) is 6.92 Å². The molecule has 2 aromatic carbocycles. The summed E-state index contributed by atoms with van der Waals surface area (Å²) in [7, 11) is 0. The van der Waals surface area contributed by atoms with Crippen LogP contribution in [0.3, 0.4) is 0 Å². The zero-order chi connectivity index (χ0) is 29.0. The van der Waals surface area contributed by atoms with E-state index in [1.807, 2.05) is 28.8 Å². The molecule has 0 saturated heterocycles. The van der Waals surface area contributed by atoms with Crippen molar-refractivity contribution in [3.8, 4) is 5.75 Å². The van der Waals surface area contributed by atoms with E-state index in [1.165, 1.54) is 94.6 Å². The number of amides is 1. The summed E-state index contributed by atoms with van der Waals surface area (Å²) in [5, 5.41) is 2.13. The highest BCUT2D eigenvalue weighted by atomic mass is 79.9. The van der Waals surface area contributed by atoms with Gasteiger partial charge in [0.1, 0.15) is 5.75 Å². The van der Waals surface area contributed by atoms with Gasteiger partial charge in [0.2, 0.25) is 5.91 Å². The number of carbonyl (C=O) groups is 1. The molecule has 1 heterocycles. The van der Waals surface area contributed by atoms with Crippen LogP contribution in [-0.2, 0) is 17.8 Å². The van der Waals surface area contributed by atoms with Gasteiger partial charge < -0.3 is 14.5 Å². The van der Waals surface area contributed by atoms with Gasteiger partial charge in [-0.2, -0.15) is 0 Å². The van der Waals surface area contributed by atoms with Crippen LogP contribution in [0.1, 0.15) is 115 Å². The zero-order valence-corrected chi connectivity index (χ0v) is 28.8. The van der Waals surface area contributed by atoms with Crippen molar-refractivity contribution in [2.45, 2.75) is 117 Å². The molecule has 0 aliphatic carbocycles. The van der Waals surface area contributed by atoms with Gasteiger partial charge in [-0.3, -0.25) is 4.79 Å². The lowest BCUT2D eigenvalue weighted by atomic mass is 10.0. The summed E-state index contributed by atoms with van der Waals surface area (Å²) in [4.78, 5) is 16.7. The van der Waals surface area contributed by atoms with Gasteiger partial charge in [-0.25, -0.2) is 0 Å². The van der Waals surface area contributed by atoms with Gasteiger partial charge in [-0.15, -0.1) is 28.7 Å². The Hall–Kier alpha value is -1.92. The first-order valence-corrected chi connectivity index (χ1v) is 17.3. The van der Waals surface area contributed by atoms with Crippen molar-refractivity contribution in [2.75, 3.05) is 23.9 Å². The number of hydrogen-bond acceptors (Lipinski definition) is 4. The molecule has 0 radical (unpaired) electrons. The maximum Gasteiger partial charge on any atom is 0.223 e. The fourth-order valence-corrected chi connectivity index (χ4v) is 6.17. The molecule has 0 unspecified atom stereocenters. The van der Waals surface area contributed by atoms with Crippen LogP contribution in [0.2, 0.25) is 0 Å². The summed E-state index contributed by atoms with van der Waals surface area (Å²) in [6.07, 6.45) is 22.1. The van der Waals surface area contributed by atoms with E-state index in [4.69, 9.17) is 4.74 Å². The third-order valence-electron chi connectivity index (χ3n) is 7.89. The molecule has 0 aromatic heterocycles. The Labute approximate surface area is 271 Å². The molecule has 0 bridgehead atoms. The number of rotatable bonds is 22. The van der Waals surface area contributed by atoms with E-state index in [2.05, 4.69) is 59.8 Å². The largest absolute Gasteiger partial charge is 0.494 e. The molecular weight excluding hydrogens is 604 g/mol. The zero-order valence-electron chi connectivity index (χ0n) is 26.2. The first-order valence-electron chi connectivity index (χ1n) is 16.3. The molecule has 0 saturated carbocycles. The minimum atomic E-state index is 0. The third-order valence-corrected chi connectivity index (χ3v) is 8.68. The molecule has 4 nitrogen and oxygen atoms in total. The molecular formula is C36H55BrN2O2S. The lowest BCUT2D eigenvalue weighted by molar-refractivity contribution is -0.116. The van der Waals surface area contributed by atoms with Crippen LogP contribution in [0.5, 0.6) is 5.75 Å². The molecule has 1 aliphatic rings. The number of anilines is 1. The predicted octanol–water partition coefficient (Wildman–Crippen LogP) is 10.7. The van der Waals surface area contributed by atoms with Crippen LogP contribution >= 0.6 is 28.7 Å². The molecule has 0 fully saturated rings.